The quantitative estimate of drug-likeness (QED) is 0.502. The molecule has 0 aliphatic rings. The van der Waals surface area contributed by atoms with Crippen molar-refractivity contribution in [1.82, 2.24) is 4.90 Å². The van der Waals surface area contributed by atoms with Gasteiger partial charge in [0.25, 0.3) is 11.6 Å². The van der Waals surface area contributed by atoms with E-state index in [-0.39, 0.29) is 35.3 Å². The number of nitro benzene ring substituents is 1. The Hall–Kier alpha value is -2.62. The molecule has 0 aromatic heterocycles. The molecule has 1 unspecified atom stereocenters. The topological polar surface area (TPSA) is 113 Å². The Morgan fingerprint density at radius 1 is 1.63 bits per heavy atom. The maximum Gasteiger partial charge on any atom is 0.292 e. The van der Waals surface area contributed by atoms with Crippen LogP contribution in [0.1, 0.15) is 23.7 Å². The van der Waals surface area contributed by atoms with Crippen molar-refractivity contribution in [2.75, 3.05) is 12.8 Å². The van der Waals surface area contributed by atoms with Crippen molar-refractivity contribution in [1.29, 1.82) is 5.26 Å². The number of hydrogen-bond donors (Lipinski definition) is 1. The fourth-order valence-corrected chi connectivity index (χ4v) is 1.53. The smallest absolute Gasteiger partial charge is 0.292 e. The van der Waals surface area contributed by atoms with E-state index in [1.165, 1.54) is 23.1 Å². The molecule has 7 nitrogen and oxygen atoms in total. The molecule has 1 rings (SSSR count). The molecule has 0 heterocycles. The van der Waals surface area contributed by atoms with Gasteiger partial charge in [0.1, 0.15) is 5.69 Å². The summed E-state index contributed by atoms with van der Waals surface area (Å²) in [4.78, 5) is 23.5. The Kier molecular flexibility index (Phi) is 4.42. The highest BCUT2D eigenvalue weighted by Gasteiger charge is 2.20. The number of benzene rings is 1. The normalized spacial score (nSPS) is 11.4. The molecule has 0 aliphatic carbocycles. The van der Waals surface area contributed by atoms with Crippen LogP contribution in [0.3, 0.4) is 0 Å². The van der Waals surface area contributed by atoms with Gasteiger partial charge in [-0.1, -0.05) is 0 Å². The van der Waals surface area contributed by atoms with Crippen LogP contribution in [-0.4, -0.2) is 28.8 Å². The zero-order valence-electron chi connectivity index (χ0n) is 10.7. The Morgan fingerprint density at radius 3 is 2.74 bits per heavy atom. The van der Waals surface area contributed by atoms with E-state index >= 15 is 0 Å². The number of nitriles is 1. The average molecular weight is 262 g/mol. The number of carbonyl (C=O) groups excluding carboxylic acids is 1. The molecule has 19 heavy (non-hydrogen) atoms. The zero-order valence-corrected chi connectivity index (χ0v) is 10.7. The maximum atomic E-state index is 12.1. The summed E-state index contributed by atoms with van der Waals surface area (Å²) < 4.78 is 0. The summed E-state index contributed by atoms with van der Waals surface area (Å²) in [7, 11) is 1.57. The van der Waals surface area contributed by atoms with Crippen LogP contribution in [0.25, 0.3) is 0 Å². The van der Waals surface area contributed by atoms with Crippen LogP contribution in [0.5, 0.6) is 0 Å². The summed E-state index contributed by atoms with van der Waals surface area (Å²) in [6.45, 7) is 1.75. The first-order chi connectivity index (χ1) is 8.88. The second-order valence-electron chi connectivity index (χ2n) is 4.16. The van der Waals surface area contributed by atoms with Gasteiger partial charge >= 0.3 is 0 Å². The number of nitrogens with zero attached hydrogens (tertiary/aromatic N) is 3. The lowest BCUT2D eigenvalue weighted by molar-refractivity contribution is -0.383. The van der Waals surface area contributed by atoms with E-state index in [9.17, 15) is 14.9 Å². The van der Waals surface area contributed by atoms with Crippen LogP contribution in [-0.2, 0) is 0 Å². The third kappa shape index (κ3) is 3.19. The summed E-state index contributed by atoms with van der Waals surface area (Å²) in [5, 5.41) is 19.2. The largest absolute Gasteiger partial charge is 0.393 e. The van der Waals surface area contributed by atoms with E-state index in [2.05, 4.69) is 0 Å². The van der Waals surface area contributed by atoms with E-state index in [4.69, 9.17) is 11.0 Å². The van der Waals surface area contributed by atoms with Gasteiger partial charge in [0.15, 0.2) is 0 Å². The number of hydrogen-bond acceptors (Lipinski definition) is 5. The molecule has 1 aromatic rings. The molecule has 1 aromatic carbocycles. The molecular weight excluding hydrogens is 248 g/mol. The molecule has 0 spiro atoms. The van der Waals surface area contributed by atoms with Crippen molar-refractivity contribution < 1.29 is 9.72 Å². The number of amides is 1. The number of rotatable bonds is 4. The summed E-state index contributed by atoms with van der Waals surface area (Å²) in [6.07, 6.45) is 0.213. The van der Waals surface area contributed by atoms with Gasteiger partial charge < -0.3 is 10.6 Å². The Balaban J connectivity index is 2.98. The molecule has 1 atom stereocenters. The number of anilines is 1. The number of carbonyl (C=O) groups is 1. The second kappa shape index (κ2) is 5.82. The van der Waals surface area contributed by atoms with Crippen molar-refractivity contribution in [3.8, 4) is 6.07 Å². The second-order valence-corrected chi connectivity index (χ2v) is 4.16. The highest BCUT2D eigenvalue weighted by atomic mass is 16.6. The van der Waals surface area contributed by atoms with Gasteiger partial charge in [0.2, 0.25) is 0 Å². The van der Waals surface area contributed by atoms with Crippen molar-refractivity contribution in [3.63, 3.8) is 0 Å². The van der Waals surface area contributed by atoms with Crippen LogP contribution < -0.4 is 5.73 Å². The van der Waals surface area contributed by atoms with Gasteiger partial charge in [-0.05, 0) is 19.1 Å². The molecule has 7 heteroatoms. The predicted octanol–water partition coefficient (Wildman–Crippen LogP) is 1.55. The van der Waals surface area contributed by atoms with Crippen molar-refractivity contribution in [2.45, 2.75) is 19.4 Å². The maximum absolute atomic E-state index is 12.1. The first-order valence-corrected chi connectivity index (χ1v) is 5.56. The van der Waals surface area contributed by atoms with Crippen molar-refractivity contribution in [2.24, 2.45) is 0 Å². The molecule has 0 saturated heterocycles. The minimum Gasteiger partial charge on any atom is -0.393 e. The first kappa shape index (κ1) is 14.4. The van der Waals surface area contributed by atoms with E-state index in [0.29, 0.717) is 0 Å². The van der Waals surface area contributed by atoms with E-state index in [1.54, 1.807) is 14.0 Å². The van der Waals surface area contributed by atoms with Gasteiger partial charge in [-0.3, -0.25) is 14.9 Å². The molecule has 100 valence electrons. The molecule has 0 saturated carbocycles. The fourth-order valence-electron chi connectivity index (χ4n) is 1.53. The number of nitrogens with two attached hydrogens (primary N) is 1. The predicted molar refractivity (Wildman–Crippen MR) is 69.3 cm³/mol. The van der Waals surface area contributed by atoms with Gasteiger partial charge in [-0.2, -0.15) is 5.26 Å². The van der Waals surface area contributed by atoms with Crippen molar-refractivity contribution in [3.05, 3.63) is 33.9 Å². The van der Waals surface area contributed by atoms with Gasteiger partial charge in [0, 0.05) is 24.7 Å². The minimum absolute atomic E-state index is 0.0582. The van der Waals surface area contributed by atoms with Crippen LogP contribution >= 0.6 is 0 Å². The lowest BCUT2D eigenvalue weighted by Crippen LogP contribution is -2.34. The summed E-state index contributed by atoms with van der Waals surface area (Å²) in [6, 6.07) is 5.57. The Morgan fingerprint density at radius 2 is 2.26 bits per heavy atom. The Bertz CT molecular complexity index is 550. The fraction of sp³-hybridized carbons (Fsp3) is 0.333. The standard InChI is InChI=1S/C12H14N4O3/c1-8(5-6-13)15(2)12(17)9-3-4-11(16(18)19)10(14)7-9/h3-4,7-8H,5,14H2,1-2H3. The molecule has 2 N–H and O–H groups in total. The number of nitro groups is 1. The monoisotopic (exact) mass is 262 g/mol. The minimum atomic E-state index is -0.606. The van der Waals surface area contributed by atoms with Crippen molar-refractivity contribution >= 4 is 17.3 Å². The van der Waals surface area contributed by atoms with Crippen LogP contribution in [0.2, 0.25) is 0 Å². The molecule has 1 amide bonds. The molecule has 0 bridgehead atoms. The number of nitrogen functional groups attached to an aromatic ring is 1. The summed E-state index contributed by atoms with van der Waals surface area (Å²) in [5.74, 6) is -0.329. The molecule has 0 fully saturated rings. The van der Waals surface area contributed by atoms with Crippen LogP contribution in [0, 0.1) is 21.4 Å². The third-order valence-corrected chi connectivity index (χ3v) is 2.84. The third-order valence-electron chi connectivity index (χ3n) is 2.84. The zero-order chi connectivity index (χ0) is 14.6. The lowest BCUT2D eigenvalue weighted by atomic mass is 10.1. The molecular formula is C12H14N4O3. The van der Waals surface area contributed by atoms with E-state index < -0.39 is 4.92 Å². The van der Waals surface area contributed by atoms with Gasteiger partial charge in [0.05, 0.1) is 17.4 Å². The van der Waals surface area contributed by atoms with Gasteiger partial charge in [-0.25, -0.2) is 0 Å². The van der Waals surface area contributed by atoms with E-state index in [0.717, 1.165) is 0 Å². The highest BCUT2D eigenvalue weighted by molar-refractivity contribution is 5.95. The summed E-state index contributed by atoms with van der Waals surface area (Å²) >= 11 is 0. The van der Waals surface area contributed by atoms with Gasteiger partial charge in [-0.15, -0.1) is 0 Å². The first-order valence-electron chi connectivity index (χ1n) is 5.56. The lowest BCUT2D eigenvalue weighted by Gasteiger charge is -2.23. The van der Waals surface area contributed by atoms with E-state index in [1.807, 2.05) is 6.07 Å². The van der Waals surface area contributed by atoms with Crippen LogP contribution in [0.4, 0.5) is 11.4 Å². The Labute approximate surface area is 110 Å². The average Bonchev–Trinajstić information content (AvgIpc) is 2.36. The molecule has 0 aliphatic heterocycles. The summed E-state index contributed by atoms with van der Waals surface area (Å²) in [5.41, 5.74) is 5.50. The highest BCUT2D eigenvalue weighted by Crippen LogP contribution is 2.23. The molecule has 0 radical (unpaired) electrons. The van der Waals surface area contributed by atoms with Crippen LogP contribution in [0.15, 0.2) is 18.2 Å². The SMILES string of the molecule is CC(CC#N)N(C)C(=O)c1ccc([N+](=O)[O-])c(N)c1.